The van der Waals surface area contributed by atoms with Crippen LogP contribution in [0.1, 0.15) is 45.2 Å². The summed E-state index contributed by atoms with van der Waals surface area (Å²) in [4.78, 5) is 0. The van der Waals surface area contributed by atoms with Gasteiger partial charge < -0.3 is 10.1 Å². The number of methoxy groups -OCH3 is 1. The fourth-order valence-corrected chi connectivity index (χ4v) is 2.26. The van der Waals surface area contributed by atoms with Gasteiger partial charge in [0.25, 0.3) is 0 Å². The van der Waals surface area contributed by atoms with Crippen LogP contribution in [-0.4, -0.2) is 29.5 Å². The Bertz CT molecular complexity index is 433. The van der Waals surface area contributed by atoms with Gasteiger partial charge in [-0.25, -0.2) is 0 Å². The van der Waals surface area contributed by atoms with Crippen LogP contribution in [0.25, 0.3) is 5.57 Å². The Hall–Kier alpha value is -1.29. The Morgan fingerprint density at radius 1 is 1.58 bits per heavy atom. The van der Waals surface area contributed by atoms with Gasteiger partial charge in [-0.05, 0) is 44.7 Å². The molecule has 2 rings (SSSR count). The molecular weight excluding hydrogens is 238 g/mol. The second-order valence-electron chi connectivity index (χ2n) is 5.19. The molecule has 1 fully saturated rings. The summed E-state index contributed by atoms with van der Waals surface area (Å²) in [6.45, 7) is 6.30. The van der Waals surface area contributed by atoms with Gasteiger partial charge >= 0.3 is 0 Å². The minimum atomic E-state index is 0.786. The highest BCUT2D eigenvalue weighted by atomic mass is 16.5. The topological polar surface area (TPSA) is 39.1 Å². The Morgan fingerprint density at radius 3 is 3.00 bits per heavy atom. The summed E-state index contributed by atoms with van der Waals surface area (Å²) in [6, 6.07) is 0.786. The van der Waals surface area contributed by atoms with Crippen molar-refractivity contribution in [1.29, 1.82) is 0 Å². The maximum absolute atomic E-state index is 5.41. The molecule has 0 saturated heterocycles. The molecule has 0 aliphatic heterocycles. The van der Waals surface area contributed by atoms with E-state index < -0.39 is 0 Å². The SMILES string of the molecule is CCCn1ncc(OC)c1C(C)=CCCNC1CC1. The minimum Gasteiger partial charge on any atom is -0.493 e. The molecule has 0 bridgehead atoms. The van der Waals surface area contributed by atoms with Gasteiger partial charge in [-0.15, -0.1) is 0 Å². The highest BCUT2D eigenvalue weighted by molar-refractivity contribution is 5.65. The quantitative estimate of drug-likeness (QED) is 0.733. The number of nitrogens with one attached hydrogen (secondary N) is 1. The molecule has 0 atom stereocenters. The van der Waals surface area contributed by atoms with Crippen LogP contribution in [0.4, 0.5) is 0 Å². The van der Waals surface area contributed by atoms with E-state index in [-0.39, 0.29) is 0 Å². The molecule has 1 N–H and O–H groups in total. The van der Waals surface area contributed by atoms with Crippen molar-refractivity contribution in [2.45, 2.75) is 52.1 Å². The van der Waals surface area contributed by atoms with Gasteiger partial charge in [0.1, 0.15) is 5.69 Å². The highest BCUT2D eigenvalue weighted by Crippen LogP contribution is 2.26. The number of ether oxygens (including phenoxy) is 1. The van der Waals surface area contributed by atoms with E-state index in [1.165, 1.54) is 18.4 Å². The van der Waals surface area contributed by atoms with E-state index in [9.17, 15) is 0 Å². The molecule has 1 aliphatic carbocycles. The van der Waals surface area contributed by atoms with Crippen molar-refractivity contribution >= 4 is 5.57 Å². The van der Waals surface area contributed by atoms with E-state index in [0.717, 1.165) is 43.4 Å². The average Bonchev–Trinajstić information content (AvgIpc) is 3.14. The molecule has 0 amide bonds. The predicted octanol–water partition coefficient (Wildman–Crippen LogP) is 2.85. The van der Waals surface area contributed by atoms with Crippen LogP contribution in [0.3, 0.4) is 0 Å². The lowest BCUT2D eigenvalue weighted by atomic mass is 10.1. The van der Waals surface area contributed by atoms with Crippen LogP contribution in [0.5, 0.6) is 5.75 Å². The Labute approximate surface area is 115 Å². The fraction of sp³-hybridized carbons (Fsp3) is 0.667. The van der Waals surface area contributed by atoms with E-state index in [4.69, 9.17) is 4.74 Å². The predicted molar refractivity (Wildman–Crippen MR) is 78.4 cm³/mol. The van der Waals surface area contributed by atoms with E-state index in [1.54, 1.807) is 7.11 Å². The molecule has 4 nitrogen and oxygen atoms in total. The normalized spacial score (nSPS) is 15.8. The average molecular weight is 263 g/mol. The Morgan fingerprint density at radius 2 is 2.37 bits per heavy atom. The van der Waals surface area contributed by atoms with Gasteiger partial charge in [0.2, 0.25) is 0 Å². The molecule has 1 aromatic heterocycles. The summed E-state index contributed by atoms with van der Waals surface area (Å²) in [6.07, 6.45) is 8.92. The van der Waals surface area contributed by atoms with Crippen LogP contribution >= 0.6 is 0 Å². The summed E-state index contributed by atoms with van der Waals surface area (Å²) in [5.74, 6) is 0.873. The number of aromatic nitrogens is 2. The molecule has 4 heteroatoms. The van der Waals surface area contributed by atoms with Crippen molar-refractivity contribution in [3.63, 3.8) is 0 Å². The third-order valence-corrected chi connectivity index (χ3v) is 3.44. The lowest BCUT2D eigenvalue weighted by molar-refractivity contribution is 0.412. The monoisotopic (exact) mass is 263 g/mol. The molecule has 0 radical (unpaired) electrons. The number of hydrogen-bond donors (Lipinski definition) is 1. The zero-order valence-corrected chi connectivity index (χ0v) is 12.3. The number of nitrogens with zero attached hydrogens (tertiary/aromatic N) is 2. The molecule has 1 aliphatic rings. The zero-order chi connectivity index (χ0) is 13.7. The van der Waals surface area contributed by atoms with Crippen LogP contribution in [0, 0.1) is 0 Å². The van der Waals surface area contributed by atoms with Gasteiger partial charge in [-0.3, -0.25) is 4.68 Å². The molecule has 19 heavy (non-hydrogen) atoms. The highest BCUT2D eigenvalue weighted by Gasteiger charge is 2.19. The van der Waals surface area contributed by atoms with Crippen molar-refractivity contribution in [3.05, 3.63) is 18.0 Å². The van der Waals surface area contributed by atoms with E-state index in [2.05, 4.69) is 30.3 Å². The van der Waals surface area contributed by atoms with Crippen molar-refractivity contribution in [1.82, 2.24) is 15.1 Å². The van der Waals surface area contributed by atoms with Gasteiger partial charge in [0, 0.05) is 12.6 Å². The van der Waals surface area contributed by atoms with Crippen LogP contribution in [0.2, 0.25) is 0 Å². The number of allylic oxidation sites excluding steroid dienone is 1. The maximum Gasteiger partial charge on any atom is 0.164 e. The number of aryl methyl sites for hydroxylation is 1. The zero-order valence-electron chi connectivity index (χ0n) is 12.3. The third-order valence-electron chi connectivity index (χ3n) is 3.44. The molecule has 0 unspecified atom stereocenters. The smallest absolute Gasteiger partial charge is 0.164 e. The summed E-state index contributed by atoms with van der Waals surface area (Å²) >= 11 is 0. The van der Waals surface area contributed by atoms with Crippen LogP contribution in [0.15, 0.2) is 12.3 Å². The molecule has 1 heterocycles. The van der Waals surface area contributed by atoms with Crippen LogP contribution in [-0.2, 0) is 6.54 Å². The van der Waals surface area contributed by atoms with Crippen LogP contribution < -0.4 is 10.1 Å². The van der Waals surface area contributed by atoms with Gasteiger partial charge in [0.05, 0.1) is 13.3 Å². The minimum absolute atomic E-state index is 0.786. The standard InChI is InChI=1S/C15H25N3O/c1-4-10-18-15(14(19-3)11-17-18)12(2)6-5-9-16-13-7-8-13/h6,11,13,16H,4-5,7-10H2,1-3H3. The molecule has 106 valence electrons. The van der Waals surface area contributed by atoms with E-state index in [1.807, 2.05) is 10.9 Å². The summed E-state index contributed by atoms with van der Waals surface area (Å²) in [5.41, 5.74) is 2.37. The summed E-state index contributed by atoms with van der Waals surface area (Å²) in [7, 11) is 1.71. The molecule has 0 aromatic carbocycles. The van der Waals surface area contributed by atoms with Crippen molar-refractivity contribution in [3.8, 4) is 5.75 Å². The summed E-state index contributed by atoms with van der Waals surface area (Å²) < 4.78 is 7.45. The largest absolute Gasteiger partial charge is 0.493 e. The van der Waals surface area contributed by atoms with Crippen molar-refractivity contribution in [2.24, 2.45) is 0 Å². The first-order chi connectivity index (χ1) is 9.26. The fourth-order valence-electron chi connectivity index (χ4n) is 2.26. The van der Waals surface area contributed by atoms with E-state index >= 15 is 0 Å². The molecular formula is C15H25N3O. The number of hydrogen-bond acceptors (Lipinski definition) is 3. The van der Waals surface area contributed by atoms with Crippen molar-refractivity contribution < 1.29 is 4.74 Å². The second-order valence-corrected chi connectivity index (χ2v) is 5.19. The van der Waals surface area contributed by atoms with Crippen molar-refractivity contribution in [2.75, 3.05) is 13.7 Å². The van der Waals surface area contributed by atoms with Gasteiger partial charge in [-0.2, -0.15) is 5.10 Å². The first kappa shape index (κ1) is 14.1. The van der Waals surface area contributed by atoms with Gasteiger partial charge in [-0.1, -0.05) is 13.0 Å². The lowest BCUT2D eigenvalue weighted by Crippen LogP contribution is -2.16. The first-order valence-corrected chi connectivity index (χ1v) is 7.26. The lowest BCUT2D eigenvalue weighted by Gasteiger charge is -2.09. The molecule has 1 saturated carbocycles. The van der Waals surface area contributed by atoms with Gasteiger partial charge in [0.15, 0.2) is 5.75 Å². The van der Waals surface area contributed by atoms with E-state index in [0.29, 0.717) is 0 Å². The molecule has 1 aromatic rings. The number of rotatable bonds is 8. The third kappa shape index (κ3) is 3.83. The Kier molecular flexibility index (Phi) is 5.02. The first-order valence-electron chi connectivity index (χ1n) is 7.26. The molecule has 0 spiro atoms. The second kappa shape index (κ2) is 6.75. The summed E-state index contributed by atoms with van der Waals surface area (Å²) in [5, 5.41) is 7.93. The Balaban J connectivity index is 1.99. The maximum atomic E-state index is 5.41.